The van der Waals surface area contributed by atoms with Gasteiger partial charge in [-0.1, -0.05) is 18.6 Å². The summed E-state index contributed by atoms with van der Waals surface area (Å²) in [5, 5.41) is 2.61. The van der Waals surface area contributed by atoms with Crippen molar-refractivity contribution in [2.24, 2.45) is 0 Å². The van der Waals surface area contributed by atoms with Crippen molar-refractivity contribution >= 4 is 23.2 Å². The van der Waals surface area contributed by atoms with Crippen LogP contribution in [-0.4, -0.2) is 30.8 Å². The molecule has 0 radical (unpaired) electrons. The zero-order valence-electron chi connectivity index (χ0n) is 14.8. The fraction of sp³-hybridized carbons (Fsp3) is 0.400. The van der Waals surface area contributed by atoms with E-state index in [0.717, 1.165) is 23.3 Å². The molecule has 0 aliphatic heterocycles. The van der Waals surface area contributed by atoms with Crippen LogP contribution in [0, 0.1) is 0 Å². The maximum atomic E-state index is 12.7. The molecular weight excluding hydrogens is 332 g/mol. The third kappa shape index (κ3) is 4.10. The molecule has 1 heterocycles. The van der Waals surface area contributed by atoms with Crippen LogP contribution in [0.5, 0.6) is 0 Å². The van der Waals surface area contributed by atoms with Gasteiger partial charge in [0.05, 0.1) is 4.88 Å². The van der Waals surface area contributed by atoms with E-state index in [9.17, 15) is 9.59 Å². The monoisotopic (exact) mass is 356 g/mol. The van der Waals surface area contributed by atoms with Gasteiger partial charge in [-0.25, -0.2) is 0 Å². The van der Waals surface area contributed by atoms with Gasteiger partial charge in [-0.3, -0.25) is 9.59 Å². The van der Waals surface area contributed by atoms with Crippen molar-refractivity contribution in [1.82, 2.24) is 10.2 Å². The number of nitrogens with one attached hydrogen (secondary N) is 1. The first-order chi connectivity index (χ1) is 12.1. The Morgan fingerprint density at radius 3 is 2.56 bits per heavy atom. The van der Waals surface area contributed by atoms with Crippen molar-refractivity contribution in [3.05, 3.63) is 56.8 Å². The summed E-state index contributed by atoms with van der Waals surface area (Å²) in [6.07, 6.45) is 5.96. The van der Waals surface area contributed by atoms with Crippen LogP contribution in [0.3, 0.4) is 0 Å². The van der Waals surface area contributed by atoms with E-state index in [1.807, 2.05) is 19.2 Å². The number of rotatable bonds is 4. The average Bonchev–Trinajstić information content (AvgIpc) is 2.91. The smallest absolute Gasteiger partial charge is 0.263 e. The van der Waals surface area contributed by atoms with Crippen LogP contribution in [0.1, 0.15) is 55.3 Å². The molecule has 25 heavy (non-hydrogen) atoms. The van der Waals surface area contributed by atoms with Gasteiger partial charge < -0.3 is 10.2 Å². The van der Waals surface area contributed by atoms with E-state index in [0.29, 0.717) is 12.1 Å². The molecule has 0 unspecified atom stereocenters. The molecule has 0 fully saturated rings. The van der Waals surface area contributed by atoms with Gasteiger partial charge in [0.15, 0.2) is 0 Å². The van der Waals surface area contributed by atoms with Crippen molar-refractivity contribution < 1.29 is 9.59 Å². The molecule has 1 N–H and O–H groups in total. The molecule has 0 atom stereocenters. The average molecular weight is 356 g/mol. The molecule has 1 aliphatic carbocycles. The summed E-state index contributed by atoms with van der Waals surface area (Å²) in [6.45, 7) is 0.537. The predicted octanol–water partition coefficient (Wildman–Crippen LogP) is 3.65. The summed E-state index contributed by atoms with van der Waals surface area (Å²) < 4.78 is 0. The number of aryl methyl sites for hydroxylation is 2. The molecule has 1 aromatic carbocycles. The largest absolute Gasteiger partial charge is 0.355 e. The molecule has 2 amide bonds. The molecule has 0 saturated carbocycles. The molecule has 5 heteroatoms. The molecule has 1 aliphatic rings. The maximum absolute atomic E-state index is 12.7. The Labute approximate surface area is 152 Å². The highest BCUT2D eigenvalue weighted by molar-refractivity contribution is 7.14. The highest BCUT2D eigenvalue weighted by Gasteiger charge is 2.19. The van der Waals surface area contributed by atoms with Crippen LogP contribution in [-0.2, 0) is 19.4 Å². The molecule has 1 aromatic heterocycles. The lowest BCUT2D eigenvalue weighted by Gasteiger charge is -2.16. The van der Waals surface area contributed by atoms with Gasteiger partial charge in [0.1, 0.15) is 0 Å². The Balaban J connectivity index is 1.67. The standard InChI is InChI=1S/C20H24N2O2S/c1-21-19(23)15-10-8-14(9-11-15)13-22(2)20(24)18-12-16-6-4-3-5-7-17(16)25-18/h8-12H,3-7,13H2,1-2H3,(H,21,23). The van der Waals surface area contributed by atoms with E-state index in [-0.39, 0.29) is 11.8 Å². The highest BCUT2D eigenvalue weighted by Crippen LogP contribution is 2.29. The van der Waals surface area contributed by atoms with E-state index >= 15 is 0 Å². The molecular formula is C20H24N2O2S. The first-order valence-corrected chi connectivity index (χ1v) is 9.58. The number of fused-ring (bicyclic) bond motifs is 1. The fourth-order valence-corrected chi connectivity index (χ4v) is 4.46. The Morgan fingerprint density at radius 2 is 1.84 bits per heavy atom. The normalized spacial score (nSPS) is 13.7. The lowest BCUT2D eigenvalue weighted by atomic mass is 10.1. The van der Waals surface area contributed by atoms with Crippen LogP contribution in [0.15, 0.2) is 30.3 Å². The van der Waals surface area contributed by atoms with E-state index < -0.39 is 0 Å². The Morgan fingerprint density at radius 1 is 1.12 bits per heavy atom. The van der Waals surface area contributed by atoms with Gasteiger partial charge in [-0.2, -0.15) is 0 Å². The van der Waals surface area contributed by atoms with Crippen LogP contribution < -0.4 is 5.32 Å². The first kappa shape index (κ1) is 17.7. The maximum Gasteiger partial charge on any atom is 0.263 e. The molecule has 0 spiro atoms. The molecule has 0 bridgehead atoms. The summed E-state index contributed by atoms with van der Waals surface area (Å²) in [6, 6.07) is 9.48. The summed E-state index contributed by atoms with van der Waals surface area (Å²) in [5.41, 5.74) is 3.01. The Hall–Kier alpha value is -2.14. The highest BCUT2D eigenvalue weighted by atomic mass is 32.1. The van der Waals surface area contributed by atoms with E-state index in [4.69, 9.17) is 0 Å². The zero-order chi connectivity index (χ0) is 17.8. The number of thiophene rings is 1. The molecule has 0 saturated heterocycles. The van der Waals surface area contributed by atoms with E-state index in [1.54, 1.807) is 35.4 Å². The number of hydrogen-bond acceptors (Lipinski definition) is 3. The lowest BCUT2D eigenvalue weighted by molar-refractivity contribution is 0.0789. The summed E-state index contributed by atoms with van der Waals surface area (Å²) in [4.78, 5) is 28.3. The topological polar surface area (TPSA) is 49.4 Å². The van der Waals surface area contributed by atoms with Gasteiger partial charge >= 0.3 is 0 Å². The van der Waals surface area contributed by atoms with Crippen LogP contribution in [0.2, 0.25) is 0 Å². The molecule has 132 valence electrons. The van der Waals surface area contributed by atoms with E-state index in [1.165, 1.54) is 29.7 Å². The van der Waals surface area contributed by atoms with Crippen molar-refractivity contribution in [2.45, 2.75) is 38.6 Å². The van der Waals surface area contributed by atoms with Crippen molar-refractivity contribution in [2.75, 3.05) is 14.1 Å². The minimum Gasteiger partial charge on any atom is -0.355 e. The van der Waals surface area contributed by atoms with Gasteiger partial charge in [-0.05, 0) is 55.0 Å². The number of nitrogens with zero attached hydrogens (tertiary/aromatic N) is 1. The molecule has 3 rings (SSSR count). The molecule has 4 nitrogen and oxygen atoms in total. The third-order valence-corrected chi connectivity index (χ3v) is 5.89. The Kier molecular flexibility index (Phi) is 5.53. The van der Waals surface area contributed by atoms with Crippen LogP contribution in [0.25, 0.3) is 0 Å². The fourth-order valence-electron chi connectivity index (χ4n) is 3.21. The van der Waals surface area contributed by atoms with Crippen molar-refractivity contribution in [3.63, 3.8) is 0 Å². The van der Waals surface area contributed by atoms with Crippen molar-refractivity contribution in [1.29, 1.82) is 0 Å². The summed E-state index contributed by atoms with van der Waals surface area (Å²) in [7, 11) is 3.45. The summed E-state index contributed by atoms with van der Waals surface area (Å²) >= 11 is 1.66. The third-order valence-electron chi connectivity index (χ3n) is 4.67. The number of hydrogen-bond donors (Lipinski definition) is 1. The second-order valence-corrected chi connectivity index (χ2v) is 7.69. The SMILES string of the molecule is CNC(=O)c1ccc(CN(C)C(=O)c2cc3c(s2)CCCCC3)cc1. The number of carbonyl (C=O) groups excluding carboxylic acids is 2. The van der Waals surface area contributed by atoms with Crippen LogP contribution >= 0.6 is 11.3 Å². The van der Waals surface area contributed by atoms with Gasteiger partial charge in [0.25, 0.3) is 11.8 Å². The van der Waals surface area contributed by atoms with Crippen molar-refractivity contribution in [3.8, 4) is 0 Å². The number of carbonyl (C=O) groups is 2. The predicted molar refractivity (Wildman–Crippen MR) is 101 cm³/mol. The second kappa shape index (κ2) is 7.83. The number of amides is 2. The van der Waals surface area contributed by atoms with Gasteiger partial charge in [0, 0.05) is 31.1 Å². The van der Waals surface area contributed by atoms with E-state index in [2.05, 4.69) is 11.4 Å². The quantitative estimate of drug-likeness (QED) is 0.850. The second-order valence-electron chi connectivity index (χ2n) is 6.56. The number of benzene rings is 1. The molecule has 2 aromatic rings. The van der Waals surface area contributed by atoms with Gasteiger partial charge in [0.2, 0.25) is 0 Å². The Bertz CT molecular complexity index is 741. The van der Waals surface area contributed by atoms with Crippen LogP contribution in [0.4, 0.5) is 0 Å². The zero-order valence-corrected chi connectivity index (χ0v) is 15.6. The van der Waals surface area contributed by atoms with Gasteiger partial charge in [-0.15, -0.1) is 11.3 Å². The lowest BCUT2D eigenvalue weighted by Crippen LogP contribution is -2.25. The minimum absolute atomic E-state index is 0.0773. The first-order valence-electron chi connectivity index (χ1n) is 8.76. The minimum atomic E-state index is -0.101. The summed E-state index contributed by atoms with van der Waals surface area (Å²) in [5.74, 6) is -0.0236.